The average molecular weight is 364 g/mol. The number of rotatable bonds is 5. The summed E-state index contributed by atoms with van der Waals surface area (Å²) in [5.41, 5.74) is 2.43. The molecule has 4 heteroatoms. The smallest absolute Gasteiger partial charge is 0.255 e. The van der Waals surface area contributed by atoms with Gasteiger partial charge in [0.05, 0.1) is 12.8 Å². The summed E-state index contributed by atoms with van der Waals surface area (Å²) in [4.78, 5) is 14.6. The van der Waals surface area contributed by atoms with Crippen molar-refractivity contribution in [2.24, 2.45) is 0 Å². The monoisotopic (exact) mass is 363 g/mol. The predicted molar refractivity (Wildman–Crippen MR) is 107 cm³/mol. The summed E-state index contributed by atoms with van der Waals surface area (Å²) >= 11 is 5.90. The Balaban J connectivity index is 1.94. The van der Waals surface area contributed by atoms with Crippen molar-refractivity contribution >= 4 is 35.0 Å². The van der Waals surface area contributed by atoms with Gasteiger partial charge in [0.2, 0.25) is 0 Å². The molecule has 26 heavy (non-hydrogen) atoms. The van der Waals surface area contributed by atoms with Crippen LogP contribution in [0.1, 0.15) is 5.56 Å². The maximum atomic E-state index is 13.0. The molecule has 0 spiro atoms. The molecule has 0 aliphatic rings. The van der Waals surface area contributed by atoms with Crippen molar-refractivity contribution in [1.29, 1.82) is 0 Å². The number of benzene rings is 3. The number of hydrogen-bond donors (Lipinski definition) is 0. The minimum atomic E-state index is -0.153. The summed E-state index contributed by atoms with van der Waals surface area (Å²) in [7, 11) is 1.61. The Morgan fingerprint density at radius 1 is 0.923 bits per heavy atom. The first-order valence-electron chi connectivity index (χ1n) is 8.14. The van der Waals surface area contributed by atoms with Crippen molar-refractivity contribution in [3.8, 4) is 5.75 Å². The lowest BCUT2D eigenvalue weighted by Crippen LogP contribution is -2.23. The van der Waals surface area contributed by atoms with Crippen LogP contribution >= 0.6 is 11.6 Å². The van der Waals surface area contributed by atoms with Crippen LogP contribution in [-0.4, -0.2) is 13.0 Å². The molecule has 0 aliphatic heterocycles. The zero-order valence-electron chi connectivity index (χ0n) is 14.3. The largest absolute Gasteiger partial charge is 0.497 e. The van der Waals surface area contributed by atoms with Crippen molar-refractivity contribution in [2.75, 3.05) is 12.0 Å². The lowest BCUT2D eigenvalue weighted by atomic mass is 10.2. The van der Waals surface area contributed by atoms with E-state index in [4.69, 9.17) is 16.3 Å². The van der Waals surface area contributed by atoms with Crippen molar-refractivity contribution in [3.05, 3.63) is 95.5 Å². The minimum Gasteiger partial charge on any atom is -0.497 e. The summed E-state index contributed by atoms with van der Waals surface area (Å²) in [6.45, 7) is 0. The number of hydrogen-bond acceptors (Lipinski definition) is 2. The van der Waals surface area contributed by atoms with E-state index in [2.05, 4.69) is 0 Å². The van der Waals surface area contributed by atoms with Gasteiger partial charge in [-0.15, -0.1) is 0 Å². The van der Waals surface area contributed by atoms with Crippen LogP contribution in [0.25, 0.3) is 6.08 Å². The van der Waals surface area contributed by atoms with Gasteiger partial charge in [-0.1, -0.05) is 48.0 Å². The molecular formula is C22H18ClNO2. The Bertz CT molecular complexity index is 905. The highest BCUT2D eigenvalue weighted by atomic mass is 35.5. The zero-order chi connectivity index (χ0) is 18.4. The van der Waals surface area contributed by atoms with Gasteiger partial charge in [0, 0.05) is 22.9 Å². The number of carbonyl (C=O) groups excluding carboxylic acids is 1. The number of halogens is 1. The normalized spacial score (nSPS) is 10.7. The molecule has 3 aromatic carbocycles. The van der Waals surface area contributed by atoms with Crippen LogP contribution < -0.4 is 9.64 Å². The van der Waals surface area contributed by atoms with Crippen LogP contribution in [0.15, 0.2) is 84.9 Å². The first kappa shape index (κ1) is 17.8. The van der Waals surface area contributed by atoms with E-state index in [1.807, 2.05) is 66.7 Å². The quantitative estimate of drug-likeness (QED) is 0.542. The molecule has 3 aromatic rings. The maximum absolute atomic E-state index is 13.0. The van der Waals surface area contributed by atoms with E-state index in [-0.39, 0.29) is 5.91 Å². The molecule has 0 fully saturated rings. The molecule has 130 valence electrons. The third kappa shape index (κ3) is 4.32. The third-order valence-electron chi connectivity index (χ3n) is 3.83. The van der Waals surface area contributed by atoms with E-state index in [1.54, 1.807) is 36.3 Å². The van der Waals surface area contributed by atoms with E-state index in [0.717, 1.165) is 16.9 Å². The van der Waals surface area contributed by atoms with E-state index in [0.29, 0.717) is 10.8 Å². The number of anilines is 2. The van der Waals surface area contributed by atoms with Gasteiger partial charge >= 0.3 is 0 Å². The average Bonchev–Trinajstić information content (AvgIpc) is 2.69. The standard InChI is InChI=1S/C22H18ClNO2/c1-26-21-9-5-8-20(16-21)24(19-6-3-2-4-7-19)22(25)15-12-17-10-13-18(23)14-11-17/h2-16H,1H3. The van der Waals surface area contributed by atoms with Gasteiger partial charge in [0.15, 0.2) is 0 Å². The molecule has 0 aromatic heterocycles. The van der Waals surface area contributed by atoms with E-state index >= 15 is 0 Å². The van der Waals surface area contributed by atoms with Gasteiger partial charge < -0.3 is 4.74 Å². The molecule has 0 aliphatic carbocycles. The van der Waals surface area contributed by atoms with Crippen molar-refractivity contribution < 1.29 is 9.53 Å². The van der Waals surface area contributed by atoms with Crippen molar-refractivity contribution in [2.45, 2.75) is 0 Å². The van der Waals surface area contributed by atoms with Gasteiger partial charge in [-0.2, -0.15) is 0 Å². The Morgan fingerprint density at radius 3 is 2.31 bits per heavy atom. The van der Waals surface area contributed by atoms with Crippen molar-refractivity contribution in [1.82, 2.24) is 0 Å². The number of methoxy groups -OCH3 is 1. The number of nitrogens with zero attached hydrogens (tertiary/aromatic N) is 1. The molecule has 3 nitrogen and oxygen atoms in total. The van der Waals surface area contributed by atoms with Crippen LogP contribution in [0, 0.1) is 0 Å². The lowest BCUT2D eigenvalue weighted by Gasteiger charge is -2.22. The fourth-order valence-corrected chi connectivity index (χ4v) is 2.67. The van der Waals surface area contributed by atoms with Crippen molar-refractivity contribution in [3.63, 3.8) is 0 Å². The predicted octanol–water partition coefficient (Wildman–Crippen LogP) is 5.73. The molecule has 3 rings (SSSR count). The first-order chi connectivity index (χ1) is 12.7. The highest BCUT2D eigenvalue weighted by Crippen LogP contribution is 2.28. The summed E-state index contributed by atoms with van der Waals surface area (Å²) in [5.74, 6) is 0.539. The molecule has 0 N–H and O–H groups in total. The second-order valence-corrected chi connectivity index (χ2v) is 6.03. The molecule has 0 atom stereocenters. The number of ether oxygens (including phenoxy) is 1. The summed E-state index contributed by atoms with van der Waals surface area (Å²) in [6.07, 6.45) is 3.32. The Hall–Kier alpha value is -3.04. The summed E-state index contributed by atoms with van der Waals surface area (Å²) < 4.78 is 5.29. The van der Waals surface area contributed by atoms with Crippen LogP contribution in [0.3, 0.4) is 0 Å². The van der Waals surface area contributed by atoms with Crippen LogP contribution in [-0.2, 0) is 4.79 Å². The van der Waals surface area contributed by atoms with Gasteiger partial charge in [-0.05, 0) is 48.0 Å². The Labute approximate surface area is 158 Å². The van der Waals surface area contributed by atoms with Crippen LogP contribution in [0.2, 0.25) is 5.02 Å². The fourth-order valence-electron chi connectivity index (χ4n) is 2.55. The molecule has 0 radical (unpaired) electrons. The Kier molecular flexibility index (Phi) is 5.72. The maximum Gasteiger partial charge on any atom is 0.255 e. The molecule has 1 amide bonds. The van der Waals surface area contributed by atoms with Gasteiger partial charge in [0.1, 0.15) is 5.75 Å². The van der Waals surface area contributed by atoms with Gasteiger partial charge in [-0.25, -0.2) is 0 Å². The van der Waals surface area contributed by atoms with E-state index in [1.165, 1.54) is 0 Å². The molecule has 0 saturated heterocycles. The summed E-state index contributed by atoms with van der Waals surface area (Å²) in [6, 6.07) is 24.3. The number of para-hydroxylation sites is 1. The molecule has 0 bridgehead atoms. The second kappa shape index (κ2) is 8.37. The van der Waals surface area contributed by atoms with Gasteiger partial charge in [-0.3, -0.25) is 9.69 Å². The highest BCUT2D eigenvalue weighted by Gasteiger charge is 2.16. The molecule has 0 unspecified atom stereocenters. The third-order valence-corrected chi connectivity index (χ3v) is 4.09. The highest BCUT2D eigenvalue weighted by molar-refractivity contribution is 6.30. The summed E-state index contributed by atoms with van der Waals surface area (Å²) in [5, 5.41) is 0.663. The molecule has 0 heterocycles. The lowest BCUT2D eigenvalue weighted by molar-refractivity contribution is -0.113. The molecule has 0 saturated carbocycles. The minimum absolute atomic E-state index is 0.153. The topological polar surface area (TPSA) is 29.5 Å². The SMILES string of the molecule is COc1cccc(N(C(=O)C=Cc2ccc(Cl)cc2)c2ccccc2)c1. The molecular weight excluding hydrogens is 346 g/mol. The number of amides is 1. The van der Waals surface area contributed by atoms with E-state index < -0.39 is 0 Å². The second-order valence-electron chi connectivity index (χ2n) is 5.60. The van der Waals surface area contributed by atoms with Crippen LogP contribution in [0.5, 0.6) is 5.75 Å². The van der Waals surface area contributed by atoms with Gasteiger partial charge in [0.25, 0.3) is 5.91 Å². The fraction of sp³-hybridized carbons (Fsp3) is 0.0455. The van der Waals surface area contributed by atoms with Crippen LogP contribution in [0.4, 0.5) is 11.4 Å². The Morgan fingerprint density at radius 2 is 1.62 bits per heavy atom. The number of carbonyl (C=O) groups is 1. The van der Waals surface area contributed by atoms with E-state index in [9.17, 15) is 4.79 Å². The first-order valence-corrected chi connectivity index (χ1v) is 8.52. The zero-order valence-corrected chi connectivity index (χ0v) is 15.1.